The van der Waals surface area contributed by atoms with Crippen molar-refractivity contribution in [1.82, 2.24) is 0 Å². The van der Waals surface area contributed by atoms with E-state index in [2.05, 4.69) is 0 Å². The average molecular weight is 236 g/mol. The van der Waals surface area contributed by atoms with Crippen molar-refractivity contribution in [2.75, 3.05) is 11.9 Å². The third kappa shape index (κ3) is 2.08. The quantitative estimate of drug-likeness (QED) is 0.447. The molecular weight excluding hydrogens is 228 g/mol. The number of hydrogen-bond donors (Lipinski definition) is 2. The molecule has 76 valence electrons. The number of anilines is 1. The van der Waals surface area contributed by atoms with Gasteiger partial charge in [0.15, 0.2) is 5.96 Å². The van der Waals surface area contributed by atoms with Crippen molar-refractivity contribution >= 4 is 34.8 Å². The molecule has 0 saturated heterocycles. The van der Waals surface area contributed by atoms with Gasteiger partial charge in [-0.1, -0.05) is 23.2 Å². The average Bonchev–Trinajstić information content (AvgIpc) is 2.10. The summed E-state index contributed by atoms with van der Waals surface area (Å²) in [5.74, 6) is -0.799. The molecule has 0 heterocycles. The molecule has 0 saturated carbocycles. The SMILES string of the molecule is CN(C(=N)N)c1cc(Cl)c(F)cc1Cl. The molecule has 1 aromatic rings. The largest absolute Gasteiger partial charge is 0.370 e. The predicted molar refractivity (Wildman–Crippen MR) is 56.7 cm³/mol. The van der Waals surface area contributed by atoms with Gasteiger partial charge in [0.25, 0.3) is 0 Å². The predicted octanol–water partition coefficient (Wildman–Crippen LogP) is 2.46. The van der Waals surface area contributed by atoms with Crippen LogP contribution < -0.4 is 10.6 Å². The third-order valence-electron chi connectivity index (χ3n) is 1.71. The van der Waals surface area contributed by atoms with Gasteiger partial charge in [0.1, 0.15) is 5.82 Å². The number of nitrogens with one attached hydrogen (secondary N) is 1. The molecule has 0 aliphatic rings. The lowest BCUT2D eigenvalue weighted by Crippen LogP contribution is -2.32. The van der Waals surface area contributed by atoms with Crippen LogP contribution in [0.2, 0.25) is 10.0 Å². The summed E-state index contributed by atoms with van der Waals surface area (Å²) in [5, 5.41) is 7.27. The van der Waals surface area contributed by atoms with E-state index in [9.17, 15) is 4.39 Å². The Labute approximate surface area is 90.7 Å². The van der Waals surface area contributed by atoms with Gasteiger partial charge in [0.05, 0.1) is 15.7 Å². The van der Waals surface area contributed by atoms with Gasteiger partial charge in [0.2, 0.25) is 0 Å². The van der Waals surface area contributed by atoms with Crippen molar-refractivity contribution in [3.8, 4) is 0 Å². The topological polar surface area (TPSA) is 53.1 Å². The number of nitrogens with two attached hydrogens (primary N) is 1. The molecule has 3 nitrogen and oxygen atoms in total. The number of hydrogen-bond acceptors (Lipinski definition) is 1. The highest BCUT2D eigenvalue weighted by atomic mass is 35.5. The van der Waals surface area contributed by atoms with Gasteiger partial charge in [-0.2, -0.15) is 0 Å². The molecule has 0 radical (unpaired) electrons. The number of halogens is 3. The van der Waals surface area contributed by atoms with Crippen LogP contribution in [0.1, 0.15) is 0 Å². The van der Waals surface area contributed by atoms with Crippen LogP contribution in [0.25, 0.3) is 0 Å². The third-order valence-corrected chi connectivity index (χ3v) is 2.30. The van der Waals surface area contributed by atoms with Crippen molar-refractivity contribution < 1.29 is 4.39 Å². The Kier molecular flexibility index (Phi) is 3.18. The summed E-state index contributed by atoms with van der Waals surface area (Å²) in [7, 11) is 1.54. The molecule has 0 unspecified atom stereocenters. The molecule has 0 aliphatic heterocycles. The summed E-state index contributed by atoms with van der Waals surface area (Å²) in [6.07, 6.45) is 0. The Balaban J connectivity index is 3.22. The zero-order valence-corrected chi connectivity index (χ0v) is 8.83. The Morgan fingerprint density at radius 2 is 2.00 bits per heavy atom. The zero-order chi connectivity index (χ0) is 10.9. The fraction of sp³-hybridized carbons (Fsp3) is 0.125. The molecule has 0 spiro atoms. The molecule has 1 rings (SSSR count). The minimum Gasteiger partial charge on any atom is -0.370 e. The summed E-state index contributed by atoms with van der Waals surface area (Å²) >= 11 is 11.3. The first-order valence-corrected chi connectivity index (χ1v) is 4.41. The molecular formula is C8H8Cl2FN3. The Morgan fingerprint density at radius 3 is 2.50 bits per heavy atom. The van der Waals surface area contributed by atoms with Crippen LogP contribution in [0.3, 0.4) is 0 Å². The molecule has 6 heteroatoms. The van der Waals surface area contributed by atoms with Crippen molar-refractivity contribution in [3.05, 3.63) is 28.0 Å². The van der Waals surface area contributed by atoms with Crippen LogP contribution in [0, 0.1) is 11.2 Å². The van der Waals surface area contributed by atoms with Gasteiger partial charge in [0, 0.05) is 7.05 Å². The number of guanidine groups is 1. The molecule has 0 bridgehead atoms. The van der Waals surface area contributed by atoms with Crippen LogP contribution in [0.4, 0.5) is 10.1 Å². The molecule has 14 heavy (non-hydrogen) atoms. The lowest BCUT2D eigenvalue weighted by Gasteiger charge is -2.18. The highest BCUT2D eigenvalue weighted by molar-refractivity contribution is 6.35. The smallest absolute Gasteiger partial charge is 0.192 e. The van der Waals surface area contributed by atoms with Crippen molar-refractivity contribution in [2.45, 2.75) is 0 Å². The molecule has 0 aromatic heterocycles. The van der Waals surface area contributed by atoms with E-state index in [1.54, 1.807) is 0 Å². The first-order chi connectivity index (χ1) is 6.43. The minimum atomic E-state index is -0.600. The molecule has 3 N–H and O–H groups in total. The maximum atomic E-state index is 12.9. The standard InChI is InChI=1S/C8H8Cl2FN3/c1-14(8(12)13)7-3-4(9)6(11)2-5(7)10/h2-3H,1H3,(H3,12,13). The second-order valence-corrected chi connectivity index (χ2v) is 3.48. The summed E-state index contributed by atoms with van der Waals surface area (Å²) in [6, 6.07) is 2.40. The molecule has 0 aliphatic carbocycles. The van der Waals surface area contributed by atoms with E-state index in [0.717, 1.165) is 6.07 Å². The first kappa shape index (κ1) is 11.1. The van der Waals surface area contributed by atoms with Crippen LogP contribution in [-0.4, -0.2) is 13.0 Å². The molecule has 0 fully saturated rings. The fourth-order valence-corrected chi connectivity index (χ4v) is 1.33. The van der Waals surface area contributed by atoms with E-state index < -0.39 is 5.82 Å². The normalized spacial score (nSPS) is 10.0. The number of nitrogens with zero attached hydrogens (tertiary/aromatic N) is 1. The van der Waals surface area contributed by atoms with Gasteiger partial charge in [-0.05, 0) is 12.1 Å². The van der Waals surface area contributed by atoms with Gasteiger partial charge in [-0.15, -0.1) is 0 Å². The van der Waals surface area contributed by atoms with E-state index >= 15 is 0 Å². The summed E-state index contributed by atoms with van der Waals surface area (Å²) in [4.78, 5) is 1.30. The minimum absolute atomic E-state index is 0.0579. The summed E-state index contributed by atoms with van der Waals surface area (Å²) in [5.41, 5.74) is 5.63. The Morgan fingerprint density at radius 1 is 1.43 bits per heavy atom. The number of rotatable bonds is 1. The van der Waals surface area contributed by atoms with Crippen LogP contribution in [0.5, 0.6) is 0 Å². The van der Waals surface area contributed by atoms with Gasteiger partial charge >= 0.3 is 0 Å². The van der Waals surface area contributed by atoms with Crippen molar-refractivity contribution in [2.24, 2.45) is 5.73 Å². The van der Waals surface area contributed by atoms with Crippen molar-refractivity contribution in [1.29, 1.82) is 5.41 Å². The summed E-state index contributed by atoms with van der Waals surface area (Å²) < 4.78 is 12.9. The van der Waals surface area contributed by atoms with E-state index in [1.165, 1.54) is 18.0 Å². The molecule has 1 aromatic carbocycles. The second kappa shape index (κ2) is 4.02. The van der Waals surface area contributed by atoms with Gasteiger partial charge in [-0.25, -0.2) is 4.39 Å². The monoisotopic (exact) mass is 235 g/mol. The zero-order valence-electron chi connectivity index (χ0n) is 7.31. The van der Waals surface area contributed by atoms with Gasteiger partial charge in [-0.3, -0.25) is 5.41 Å². The van der Waals surface area contributed by atoms with E-state index in [0.29, 0.717) is 5.69 Å². The maximum Gasteiger partial charge on any atom is 0.192 e. The van der Waals surface area contributed by atoms with Crippen LogP contribution in [-0.2, 0) is 0 Å². The first-order valence-electron chi connectivity index (χ1n) is 3.65. The second-order valence-electron chi connectivity index (χ2n) is 2.66. The lowest BCUT2D eigenvalue weighted by atomic mass is 10.3. The van der Waals surface area contributed by atoms with E-state index in [4.69, 9.17) is 34.3 Å². The van der Waals surface area contributed by atoms with E-state index in [1.807, 2.05) is 0 Å². The Hall–Kier alpha value is -1.00. The summed E-state index contributed by atoms with van der Waals surface area (Å²) in [6.45, 7) is 0. The van der Waals surface area contributed by atoms with Gasteiger partial charge < -0.3 is 10.6 Å². The Bertz CT molecular complexity index is 381. The number of benzene rings is 1. The maximum absolute atomic E-state index is 12.9. The lowest BCUT2D eigenvalue weighted by molar-refractivity contribution is 0.628. The highest BCUT2D eigenvalue weighted by Gasteiger charge is 2.12. The van der Waals surface area contributed by atoms with Crippen LogP contribution >= 0.6 is 23.2 Å². The molecule has 0 amide bonds. The van der Waals surface area contributed by atoms with Crippen molar-refractivity contribution in [3.63, 3.8) is 0 Å². The van der Waals surface area contributed by atoms with Crippen LogP contribution in [0.15, 0.2) is 12.1 Å². The highest BCUT2D eigenvalue weighted by Crippen LogP contribution is 2.30. The van der Waals surface area contributed by atoms with E-state index in [-0.39, 0.29) is 16.0 Å². The fourth-order valence-electron chi connectivity index (χ4n) is 0.899. The molecule has 0 atom stereocenters.